The SMILES string of the molecule is CCCCCC#CC#CCCCCCCCCC(=O)Oc1ccc(O)cc1. The van der Waals surface area contributed by atoms with Crippen LogP contribution in [0.4, 0.5) is 0 Å². The van der Waals surface area contributed by atoms with E-state index in [1.807, 2.05) is 0 Å². The Kier molecular flexibility index (Phi) is 13.3. The average molecular weight is 369 g/mol. The predicted molar refractivity (Wildman–Crippen MR) is 110 cm³/mol. The first-order chi connectivity index (χ1) is 13.2. The van der Waals surface area contributed by atoms with Crippen LogP contribution >= 0.6 is 0 Å². The first-order valence-electron chi connectivity index (χ1n) is 10.2. The maximum absolute atomic E-state index is 11.7. The van der Waals surface area contributed by atoms with E-state index in [2.05, 4.69) is 30.6 Å². The van der Waals surface area contributed by atoms with Crippen LogP contribution in [0.5, 0.6) is 11.5 Å². The van der Waals surface area contributed by atoms with Gasteiger partial charge in [0.05, 0.1) is 0 Å². The highest BCUT2D eigenvalue weighted by Crippen LogP contribution is 2.17. The molecular weight excluding hydrogens is 336 g/mol. The number of ether oxygens (including phenoxy) is 1. The molecule has 3 heteroatoms. The molecule has 0 aliphatic heterocycles. The van der Waals surface area contributed by atoms with Gasteiger partial charge in [0.2, 0.25) is 0 Å². The van der Waals surface area contributed by atoms with Gasteiger partial charge in [0.1, 0.15) is 11.5 Å². The van der Waals surface area contributed by atoms with Crippen molar-refractivity contribution in [1.29, 1.82) is 0 Å². The molecule has 1 aromatic rings. The van der Waals surface area contributed by atoms with E-state index < -0.39 is 0 Å². The number of hydrogen-bond acceptors (Lipinski definition) is 3. The second-order valence-corrected chi connectivity index (χ2v) is 6.65. The third-order valence-electron chi connectivity index (χ3n) is 4.15. The lowest BCUT2D eigenvalue weighted by Gasteiger charge is -2.04. The lowest BCUT2D eigenvalue weighted by atomic mass is 10.1. The summed E-state index contributed by atoms with van der Waals surface area (Å²) in [4.78, 5) is 11.7. The molecule has 0 unspecified atom stereocenters. The quantitative estimate of drug-likeness (QED) is 0.213. The van der Waals surface area contributed by atoms with E-state index >= 15 is 0 Å². The minimum absolute atomic E-state index is 0.163. The lowest BCUT2D eigenvalue weighted by Crippen LogP contribution is -2.07. The van der Waals surface area contributed by atoms with Crippen LogP contribution in [0.15, 0.2) is 24.3 Å². The maximum Gasteiger partial charge on any atom is 0.311 e. The Morgan fingerprint density at radius 1 is 0.852 bits per heavy atom. The number of phenols is 1. The van der Waals surface area contributed by atoms with Crippen LogP contribution in [0, 0.1) is 23.7 Å². The maximum atomic E-state index is 11.7. The van der Waals surface area contributed by atoms with E-state index in [1.165, 1.54) is 44.2 Å². The van der Waals surface area contributed by atoms with Crippen LogP contribution in [0.25, 0.3) is 0 Å². The summed E-state index contributed by atoms with van der Waals surface area (Å²) in [6, 6.07) is 6.20. The van der Waals surface area contributed by atoms with E-state index in [1.54, 1.807) is 12.1 Å². The first kappa shape index (κ1) is 22.7. The van der Waals surface area contributed by atoms with E-state index in [-0.39, 0.29) is 11.7 Å². The van der Waals surface area contributed by atoms with Crippen LogP contribution in [-0.4, -0.2) is 11.1 Å². The van der Waals surface area contributed by atoms with Gasteiger partial charge in [0.25, 0.3) is 0 Å². The Hall–Kier alpha value is -2.39. The molecular formula is C24H32O3. The summed E-state index contributed by atoms with van der Waals surface area (Å²) in [5.41, 5.74) is 0. The van der Waals surface area contributed by atoms with Crippen molar-refractivity contribution in [3.8, 4) is 35.2 Å². The summed E-state index contributed by atoms with van der Waals surface area (Å²) in [5, 5.41) is 9.19. The predicted octanol–water partition coefficient (Wildman–Crippen LogP) is 6.01. The third-order valence-corrected chi connectivity index (χ3v) is 4.15. The molecule has 27 heavy (non-hydrogen) atoms. The molecule has 0 aliphatic rings. The molecule has 0 spiro atoms. The van der Waals surface area contributed by atoms with Crippen molar-refractivity contribution in [3.05, 3.63) is 24.3 Å². The standard InChI is InChI=1S/C24H32O3/c1-2-3-4-5-6-7-8-9-10-11-12-13-14-15-16-17-24(26)27-23-20-18-22(25)19-21-23/h18-21,25H,2-5,10-17H2,1H3. The Morgan fingerprint density at radius 3 is 2.04 bits per heavy atom. The second kappa shape index (κ2) is 15.8. The molecule has 1 N–H and O–H groups in total. The minimum Gasteiger partial charge on any atom is -0.508 e. The number of hydrogen-bond donors (Lipinski definition) is 1. The molecule has 0 heterocycles. The van der Waals surface area contributed by atoms with Gasteiger partial charge >= 0.3 is 5.97 Å². The van der Waals surface area contributed by atoms with Gasteiger partial charge in [-0.15, -0.1) is 0 Å². The van der Waals surface area contributed by atoms with Crippen molar-refractivity contribution in [2.45, 2.75) is 84.0 Å². The van der Waals surface area contributed by atoms with Crippen molar-refractivity contribution in [2.24, 2.45) is 0 Å². The Bertz CT molecular complexity index is 638. The fraction of sp³-hybridized carbons (Fsp3) is 0.542. The zero-order valence-electron chi connectivity index (χ0n) is 16.6. The zero-order valence-corrected chi connectivity index (χ0v) is 16.6. The number of benzene rings is 1. The molecule has 1 rings (SSSR count). The molecule has 3 nitrogen and oxygen atoms in total. The van der Waals surface area contributed by atoms with Gasteiger partial charge in [-0.2, -0.15) is 0 Å². The van der Waals surface area contributed by atoms with Crippen molar-refractivity contribution >= 4 is 5.97 Å². The van der Waals surface area contributed by atoms with Gasteiger partial charge in [-0.3, -0.25) is 4.79 Å². The molecule has 0 bridgehead atoms. The minimum atomic E-state index is -0.216. The topological polar surface area (TPSA) is 46.5 Å². The number of phenolic OH excluding ortho intramolecular Hbond substituents is 1. The molecule has 0 saturated carbocycles. The Balaban J connectivity index is 1.93. The third kappa shape index (κ3) is 13.5. The number of esters is 1. The summed E-state index contributed by atoms with van der Waals surface area (Å²) in [6.07, 6.45) is 12.5. The van der Waals surface area contributed by atoms with Crippen LogP contribution in [0.2, 0.25) is 0 Å². The number of rotatable bonds is 12. The molecule has 0 atom stereocenters. The van der Waals surface area contributed by atoms with Gasteiger partial charge < -0.3 is 9.84 Å². The summed E-state index contributed by atoms with van der Waals surface area (Å²) < 4.78 is 5.21. The van der Waals surface area contributed by atoms with E-state index in [0.717, 1.165) is 38.5 Å². The van der Waals surface area contributed by atoms with Crippen molar-refractivity contribution < 1.29 is 14.6 Å². The molecule has 1 aromatic carbocycles. The van der Waals surface area contributed by atoms with Gasteiger partial charge in [-0.25, -0.2) is 0 Å². The highest BCUT2D eigenvalue weighted by Gasteiger charge is 2.04. The smallest absolute Gasteiger partial charge is 0.311 e. The van der Waals surface area contributed by atoms with Crippen LogP contribution in [-0.2, 0) is 4.79 Å². The zero-order chi connectivity index (χ0) is 19.6. The summed E-state index contributed by atoms with van der Waals surface area (Å²) in [7, 11) is 0. The van der Waals surface area contributed by atoms with E-state index in [4.69, 9.17) is 4.74 Å². The van der Waals surface area contributed by atoms with Gasteiger partial charge in [0, 0.05) is 19.3 Å². The monoisotopic (exact) mass is 368 g/mol. The van der Waals surface area contributed by atoms with Crippen molar-refractivity contribution in [2.75, 3.05) is 0 Å². The molecule has 0 aromatic heterocycles. The summed E-state index contributed by atoms with van der Waals surface area (Å²) >= 11 is 0. The van der Waals surface area contributed by atoms with Crippen LogP contribution in [0.1, 0.15) is 84.0 Å². The van der Waals surface area contributed by atoms with Crippen LogP contribution < -0.4 is 4.74 Å². The Morgan fingerprint density at radius 2 is 1.41 bits per heavy atom. The largest absolute Gasteiger partial charge is 0.508 e. The second-order valence-electron chi connectivity index (χ2n) is 6.65. The highest BCUT2D eigenvalue weighted by atomic mass is 16.5. The Labute approximate surface area is 164 Å². The molecule has 0 radical (unpaired) electrons. The van der Waals surface area contributed by atoms with Gasteiger partial charge in [0.15, 0.2) is 0 Å². The van der Waals surface area contributed by atoms with E-state index in [0.29, 0.717) is 12.2 Å². The molecule has 0 aliphatic carbocycles. The van der Waals surface area contributed by atoms with Gasteiger partial charge in [-0.1, -0.05) is 57.3 Å². The molecule has 0 amide bonds. The summed E-state index contributed by atoms with van der Waals surface area (Å²) in [6.45, 7) is 2.20. The molecule has 0 saturated heterocycles. The molecule has 0 fully saturated rings. The van der Waals surface area contributed by atoms with Crippen molar-refractivity contribution in [3.63, 3.8) is 0 Å². The first-order valence-corrected chi connectivity index (χ1v) is 10.2. The lowest BCUT2D eigenvalue weighted by molar-refractivity contribution is -0.134. The summed E-state index contributed by atoms with van der Waals surface area (Å²) in [5.74, 6) is 12.5. The highest BCUT2D eigenvalue weighted by molar-refractivity contribution is 5.72. The normalized spacial score (nSPS) is 9.67. The number of aromatic hydroxyl groups is 1. The number of carbonyl (C=O) groups excluding carboxylic acids is 1. The number of unbranched alkanes of at least 4 members (excludes halogenated alkanes) is 9. The van der Waals surface area contributed by atoms with Crippen LogP contribution in [0.3, 0.4) is 0 Å². The molecule has 146 valence electrons. The average Bonchev–Trinajstić information content (AvgIpc) is 2.66. The fourth-order valence-electron chi connectivity index (χ4n) is 2.56. The van der Waals surface area contributed by atoms with Gasteiger partial charge in [-0.05, 0) is 55.4 Å². The fourth-order valence-corrected chi connectivity index (χ4v) is 2.56. The van der Waals surface area contributed by atoms with Crippen molar-refractivity contribution in [1.82, 2.24) is 0 Å². The van der Waals surface area contributed by atoms with E-state index in [9.17, 15) is 9.90 Å². The number of carbonyl (C=O) groups is 1.